The molecule has 148 valence electrons. The number of thiazole rings is 1. The summed E-state index contributed by atoms with van der Waals surface area (Å²) in [5.41, 5.74) is 3.44. The van der Waals surface area contributed by atoms with Crippen LogP contribution in [-0.4, -0.2) is 39.6 Å². The van der Waals surface area contributed by atoms with Crippen LogP contribution < -0.4 is 0 Å². The van der Waals surface area contributed by atoms with Gasteiger partial charge in [-0.1, -0.05) is 18.6 Å². The smallest absolute Gasteiger partial charge is 0.228 e. The van der Waals surface area contributed by atoms with Crippen molar-refractivity contribution in [2.75, 3.05) is 13.6 Å². The highest BCUT2D eigenvalue weighted by atomic mass is 32.1. The molecule has 28 heavy (non-hydrogen) atoms. The van der Waals surface area contributed by atoms with E-state index in [1.54, 1.807) is 22.3 Å². The Labute approximate surface area is 168 Å². The molecule has 2 heterocycles. The zero-order valence-electron chi connectivity index (χ0n) is 16.2. The van der Waals surface area contributed by atoms with Crippen molar-refractivity contribution >= 4 is 17.2 Å². The van der Waals surface area contributed by atoms with Gasteiger partial charge >= 0.3 is 0 Å². The first-order valence-corrected chi connectivity index (χ1v) is 10.3. The summed E-state index contributed by atoms with van der Waals surface area (Å²) in [6.45, 7) is 2.70. The largest absolute Gasteiger partial charge is 0.345 e. The van der Waals surface area contributed by atoms with Crippen LogP contribution in [0.2, 0.25) is 0 Å². The molecule has 0 aliphatic heterocycles. The van der Waals surface area contributed by atoms with Crippen LogP contribution in [0.5, 0.6) is 0 Å². The van der Waals surface area contributed by atoms with Gasteiger partial charge in [0.15, 0.2) is 0 Å². The number of halogens is 1. The first kappa shape index (κ1) is 20.2. The van der Waals surface area contributed by atoms with Crippen LogP contribution in [0.4, 0.5) is 4.39 Å². The van der Waals surface area contributed by atoms with Crippen molar-refractivity contribution in [1.82, 2.24) is 20.1 Å². The number of carbonyl (C=O) groups excluding carboxylic acids is 1. The summed E-state index contributed by atoms with van der Waals surface area (Å²) in [6, 6.07) is 8.42. The standard InChI is InChI=1S/C21H25FN4OS/c1-15-23-19(14-28-15)13-21(27)26(2)10-5-3-4-9-18-12-20(25-24-18)16-7-6-8-17(22)11-16/h6-8,11-12,14H,3-5,9-10,13H2,1-2H3,(H,24,25). The molecule has 1 N–H and O–H groups in total. The molecule has 3 rings (SSSR count). The van der Waals surface area contributed by atoms with Crippen molar-refractivity contribution in [2.45, 2.75) is 39.0 Å². The first-order valence-electron chi connectivity index (χ1n) is 9.46. The van der Waals surface area contributed by atoms with Crippen LogP contribution in [0.15, 0.2) is 35.7 Å². The number of aromatic nitrogens is 3. The van der Waals surface area contributed by atoms with Crippen molar-refractivity contribution in [3.05, 3.63) is 57.9 Å². The average molecular weight is 401 g/mol. The van der Waals surface area contributed by atoms with Crippen molar-refractivity contribution in [3.63, 3.8) is 0 Å². The Morgan fingerprint density at radius 1 is 1.25 bits per heavy atom. The van der Waals surface area contributed by atoms with Crippen LogP contribution in [0, 0.1) is 12.7 Å². The molecule has 5 nitrogen and oxygen atoms in total. The van der Waals surface area contributed by atoms with Crippen molar-refractivity contribution < 1.29 is 9.18 Å². The molecule has 7 heteroatoms. The van der Waals surface area contributed by atoms with E-state index in [2.05, 4.69) is 15.2 Å². The van der Waals surface area contributed by atoms with E-state index in [4.69, 9.17) is 0 Å². The summed E-state index contributed by atoms with van der Waals surface area (Å²) >= 11 is 1.57. The summed E-state index contributed by atoms with van der Waals surface area (Å²) in [5, 5.41) is 10.2. The number of amides is 1. The molecule has 1 aromatic carbocycles. The van der Waals surface area contributed by atoms with E-state index in [-0.39, 0.29) is 11.7 Å². The molecule has 2 aromatic heterocycles. The zero-order chi connectivity index (χ0) is 19.9. The van der Waals surface area contributed by atoms with Gasteiger partial charge in [-0.25, -0.2) is 9.37 Å². The molecule has 0 spiro atoms. The predicted molar refractivity (Wildman–Crippen MR) is 110 cm³/mol. The van der Waals surface area contributed by atoms with E-state index in [0.717, 1.165) is 59.9 Å². The number of aromatic amines is 1. The third-order valence-corrected chi connectivity index (χ3v) is 5.44. The maximum absolute atomic E-state index is 13.3. The second-order valence-electron chi connectivity index (χ2n) is 6.95. The van der Waals surface area contributed by atoms with Crippen LogP contribution in [0.3, 0.4) is 0 Å². The Morgan fingerprint density at radius 2 is 2.11 bits per heavy atom. The van der Waals surface area contributed by atoms with Gasteiger partial charge in [0, 0.05) is 30.2 Å². The van der Waals surface area contributed by atoms with E-state index in [9.17, 15) is 9.18 Å². The Kier molecular flexibility index (Phi) is 6.92. The molecule has 0 fully saturated rings. The lowest BCUT2D eigenvalue weighted by atomic mass is 10.1. The SMILES string of the molecule is Cc1nc(CC(=O)N(C)CCCCCc2cc(-c3cccc(F)c3)n[nH]2)cs1. The second kappa shape index (κ2) is 9.59. The van der Waals surface area contributed by atoms with Gasteiger partial charge in [-0.3, -0.25) is 9.89 Å². The number of aryl methyl sites for hydroxylation is 2. The number of nitrogens with one attached hydrogen (secondary N) is 1. The Balaban J connectivity index is 1.36. The number of carbonyl (C=O) groups is 1. The van der Waals surface area contributed by atoms with E-state index < -0.39 is 0 Å². The van der Waals surface area contributed by atoms with E-state index in [1.807, 2.05) is 31.5 Å². The summed E-state index contributed by atoms with van der Waals surface area (Å²) in [5.74, 6) is -0.149. The van der Waals surface area contributed by atoms with Crippen LogP contribution in [-0.2, 0) is 17.6 Å². The topological polar surface area (TPSA) is 61.9 Å². The highest BCUT2D eigenvalue weighted by molar-refractivity contribution is 7.09. The fraction of sp³-hybridized carbons (Fsp3) is 0.381. The number of unbranched alkanes of at least 4 members (excludes halogenated alkanes) is 2. The van der Waals surface area contributed by atoms with Crippen molar-refractivity contribution in [3.8, 4) is 11.3 Å². The fourth-order valence-corrected chi connectivity index (χ4v) is 3.64. The number of nitrogens with zero attached hydrogens (tertiary/aromatic N) is 3. The lowest BCUT2D eigenvalue weighted by Gasteiger charge is -2.16. The lowest BCUT2D eigenvalue weighted by Crippen LogP contribution is -2.29. The molecular weight excluding hydrogens is 375 g/mol. The highest BCUT2D eigenvalue weighted by Gasteiger charge is 2.11. The van der Waals surface area contributed by atoms with Gasteiger partial charge in [-0.2, -0.15) is 5.10 Å². The molecule has 1 amide bonds. The fourth-order valence-electron chi connectivity index (χ4n) is 3.03. The minimum absolute atomic E-state index is 0.110. The first-order chi connectivity index (χ1) is 13.5. The van der Waals surface area contributed by atoms with Crippen molar-refractivity contribution in [2.24, 2.45) is 0 Å². The summed E-state index contributed by atoms with van der Waals surface area (Å²) in [4.78, 5) is 18.3. The van der Waals surface area contributed by atoms with Crippen LogP contribution >= 0.6 is 11.3 Å². The van der Waals surface area contributed by atoms with E-state index in [1.165, 1.54) is 12.1 Å². The Bertz CT molecular complexity index is 921. The summed E-state index contributed by atoms with van der Waals surface area (Å²) < 4.78 is 13.3. The summed E-state index contributed by atoms with van der Waals surface area (Å²) in [6.07, 6.45) is 4.26. The van der Waals surface area contributed by atoms with Crippen LogP contribution in [0.1, 0.15) is 35.7 Å². The molecule has 0 saturated heterocycles. The van der Waals surface area contributed by atoms with E-state index >= 15 is 0 Å². The number of benzene rings is 1. The van der Waals surface area contributed by atoms with Gasteiger partial charge in [0.2, 0.25) is 5.91 Å². The maximum Gasteiger partial charge on any atom is 0.228 e. The molecular formula is C21H25FN4OS. The number of hydrogen-bond acceptors (Lipinski definition) is 4. The zero-order valence-corrected chi connectivity index (χ0v) is 17.1. The van der Waals surface area contributed by atoms with Gasteiger partial charge in [-0.15, -0.1) is 11.3 Å². The molecule has 0 unspecified atom stereocenters. The highest BCUT2D eigenvalue weighted by Crippen LogP contribution is 2.19. The molecule has 0 aliphatic carbocycles. The van der Waals surface area contributed by atoms with Crippen molar-refractivity contribution in [1.29, 1.82) is 0 Å². The summed E-state index contributed by atoms with van der Waals surface area (Å²) in [7, 11) is 1.85. The number of H-pyrrole nitrogens is 1. The molecule has 3 aromatic rings. The normalized spacial score (nSPS) is 11.0. The van der Waals surface area contributed by atoms with Gasteiger partial charge in [0.1, 0.15) is 5.82 Å². The number of rotatable bonds is 9. The third-order valence-electron chi connectivity index (χ3n) is 4.62. The minimum atomic E-state index is -0.259. The molecule has 0 radical (unpaired) electrons. The monoisotopic (exact) mass is 400 g/mol. The Hall–Kier alpha value is -2.54. The molecule has 0 saturated carbocycles. The lowest BCUT2D eigenvalue weighted by molar-refractivity contribution is -0.129. The van der Waals surface area contributed by atoms with Gasteiger partial charge < -0.3 is 4.90 Å². The third kappa shape index (κ3) is 5.73. The van der Waals surface area contributed by atoms with Gasteiger partial charge in [0.05, 0.1) is 22.8 Å². The van der Waals surface area contributed by atoms with Crippen LogP contribution in [0.25, 0.3) is 11.3 Å². The van der Waals surface area contributed by atoms with E-state index in [0.29, 0.717) is 6.42 Å². The second-order valence-corrected chi connectivity index (χ2v) is 8.01. The Morgan fingerprint density at radius 3 is 2.86 bits per heavy atom. The molecule has 0 bridgehead atoms. The van der Waals surface area contributed by atoms with Gasteiger partial charge in [0.25, 0.3) is 0 Å². The number of likely N-dealkylation sites (N-methyl/N-ethyl adjacent to an activating group) is 1. The van der Waals surface area contributed by atoms with Gasteiger partial charge in [-0.05, 0) is 44.4 Å². The molecule has 0 aliphatic rings. The number of hydrogen-bond donors (Lipinski definition) is 1. The quantitative estimate of drug-likeness (QED) is 0.542. The maximum atomic E-state index is 13.3. The average Bonchev–Trinajstić information content (AvgIpc) is 3.30. The molecule has 0 atom stereocenters. The predicted octanol–water partition coefficient (Wildman–Crippen LogP) is 4.39. The minimum Gasteiger partial charge on any atom is -0.345 e.